The molecule has 31 heavy (non-hydrogen) atoms. The SMILES string of the molecule is C=C(C)C(C)(C)CCC(C)C1CCC2(C)C3CCC4CC(=O)CCC45CC35CCC12C. The monoisotopic (exact) mass is 424 g/mol. The summed E-state index contributed by atoms with van der Waals surface area (Å²) >= 11 is 0. The zero-order chi connectivity index (χ0) is 22.4. The molecule has 0 aliphatic heterocycles. The van der Waals surface area contributed by atoms with Crippen LogP contribution < -0.4 is 0 Å². The summed E-state index contributed by atoms with van der Waals surface area (Å²) in [6.45, 7) is 19.2. The van der Waals surface area contributed by atoms with Gasteiger partial charge in [0.2, 0.25) is 0 Å². The van der Waals surface area contributed by atoms with Crippen molar-refractivity contribution in [1.29, 1.82) is 0 Å². The third-order valence-corrected chi connectivity index (χ3v) is 13.1. The molecule has 0 bridgehead atoms. The van der Waals surface area contributed by atoms with Crippen molar-refractivity contribution in [2.75, 3.05) is 0 Å². The summed E-state index contributed by atoms with van der Waals surface area (Å²) in [6, 6.07) is 0. The predicted molar refractivity (Wildman–Crippen MR) is 130 cm³/mol. The second-order valence-electron chi connectivity index (χ2n) is 14.2. The Kier molecular flexibility index (Phi) is 4.82. The molecule has 0 radical (unpaired) electrons. The van der Waals surface area contributed by atoms with Gasteiger partial charge in [-0.2, -0.15) is 0 Å². The van der Waals surface area contributed by atoms with Crippen LogP contribution in [0.3, 0.4) is 0 Å². The Morgan fingerprint density at radius 3 is 2.52 bits per heavy atom. The third-order valence-electron chi connectivity index (χ3n) is 13.1. The van der Waals surface area contributed by atoms with Gasteiger partial charge in [0.05, 0.1) is 0 Å². The van der Waals surface area contributed by atoms with Crippen molar-refractivity contribution in [3.8, 4) is 0 Å². The number of allylic oxidation sites excluding steroid dienone is 1. The average molecular weight is 425 g/mol. The molecule has 8 unspecified atom stereocenters. The second-order valence-corrected chi connectivity index (χ2v) is 14.2. The Morgan fingerprint density at radius 1 is 1.06 bits per heavy atom. The van der Waals surface area contributed by atoms with Crippen molar-refractivity contribution in [1.82, 2.24) is 0 Å². The van der Waals surface area contributed by atoms with Gasteiger partial charge in [0.1, 0.15) is 5.78 Å². The number of carbonyl (C=O) groups excluding carboxylic acids is 1. The molecule has 174 valence electrons. The molecule has 0 amide bonds. The highest BCUT2D eigenvalue weighted by Gasteiger charge is 2.80. The van der Waals surface area contributed by atoms with Crippen LogP contribution in [0.15, 0.2) is 12.2 Å². The lowest BCUT2D eigenvalue weighted by Gasteiger charge is -2.61. The van der Waals surface area contributed by atoms with Gasteiger partial charge in [-0.3, -0.25) is 4.79 Å². The maximum atomic E-state index is 12.2. The summed E-state index contributed by atoms with van der Waals surface area (Å²) in [5.41, 5.74) is 3.82. The van der Waals surface area contributed by atoms with Gasteiger partial charge in [-0.1, -0.05) is 46.8 Å². The minimum atomic E-state index is 0.269. The summed E-state index contributed by atoms with van der Waals surface area (Å²) < 4.78 is 0. The van der Waals surface area contributed by atoms with E-state index < -0.39 is 0 Å². The number of rotatable bonds is 5. The Labute approximate surface area is 192 Å². The van der Waals surface area contributed by atoms with E-state index in [0.29, 0.717) is 27.4 Å². The number of hydrogen-bond donors (Lipinski definition) is 0. The molecule has 0 aromatic carbocycles. The van der Waals surface area contributed by atoms with Gasteiger partial charge in [-0.05, 0) is 122 Å². The van der Waals surface area contributed by atoms with Gasteiger partial charge in [0.25, 0.3) is 0 Å². The molecule has 0 N–H and O–H groups in total. The Hall–Kier alpha value is -0.590. The molecule has 1 nitrogen and oxygen atoms in total. The standard InChI is InChI=1S/C30H48O/c1-20(2)26(4,5)13-10-21(3)24-12-14-28(7)25-9-8-22-18-23(31)11-15-29(22)19-30(25,29)17-16-27(24,28)6/h21-22,24-25H,1,8-19H2,2-7H3. The Balaban J connectivity index is 1.36. The molecule has 0 saturated heterocycles. The van der Waals surface area contributed by atoms with E-state index >= 15 is 0 Å². The first-order chi connectivity index (χ1) is 14.4. The highest BCUT2D eigenvalue weighted by molar-refractivity contribution is 5.80. The fourth-order valence-corrected chi connectivity index (χ4v) is 10.4. The minimum Gasteiger partial charge on any atom is -0.300 e. The van der Waals surface area contributed by atoms with Crippen LogP contribution in [0.2, 0.25) is 0 Å². The number of Topliss-reactive ketones (excluding diaryl/α,β-unsaturated/α-hetero) is 1. The zero-order valence-corrected chi connectivity index (χ0v) is 21.4. The topological polar surface area (TPSA) is 17.1 Å². The van der Waals surface area contributed by atoms with Crippen molar-refractivity contribution in [2.45, 2.75) is 119 Å². The quantitative estimate of drug-likeness (QED) is 0.405. The highest BCUT2D eigenvalue weighted by Crippen LogP contribution is 2.87. The van der Waals surface area contributed by atoms with E-state index in [2.05, 4.69) is 48.1 Å². The Morgan fingerprint density at radius 2 is 1.81 bits per heavy atom. The lowest BCUT2D eigenvalue weighted by Crippen LogP contribution is -2.54. The van der Waals surface area contributed by atoms with Crippen LogP contribution in [-0.2, 0) is 4.79 Å². The first kappa shape index (κ1) is 22.2. The first-order valence-corrected chi connectivity index (χ1v) is 13.6. The van der Waals surface area contributed by atoms with E-state index in [-0.39, 0.29) is 5.41 Å². The summed E-state index contributed by atoms with van der Waals surface area (Å²) in [5, 5.41) is 0. The molecular formula is C30H48O. The summed E-state index contributed by atoms with van der Waals surface area (Å²) in [7, 11) is 0. The van der Waals surface area contributed by atoms with Crippen LogP contribution >= 0.6 is 0 Å². The molecule has 0 aromatic rings. The van der Waals surface area contributed by atoms with Crippen LogP contribution in [-0.4, -0.2) is 5.78 Å². The summed E-state index contributed by atoms with van der Waals surface area (Å²) in [6.07, 6.45) is 15.7. The van der Waals surface area contributed by atoms with E-state index in [0.717, 1.165) is 36.5 Å². The molecule has 5 saturated carbocycles. The first-order valence-electron chi connectivity index (χ1n) is 13.6. The van der Waals surface area contributed by atoms with Crippen LogP contribution in [0, 0.1) is 50.7 Å². The Bertz CT molecular complexity index is 792. The van der Waals surface area contributed by atoms with E-state index in [1.807, 2.05) is 0 Å². The molecule has 5 aliphatic rings. The summed E-state index contributed by atoms with van der Waals surface area (Å²) in [4.78, 5) is 12.2. The van der Waals surface area contributed by atoms with E-state index in [4.69, 9.17) is 0 Å². The maximum absolute atomic E-state index is 12.2. The average Bonchev–Trinajstić information content (AvgIpc) is 3.29. The smallest absolute Gasteiger partial charge is 0.133 e. The van der Waals surface area contributed by atoms with Crippen LogP contribution in [0.25, 0.3) is 0 Å². The molecule has 5 aliphatic carbocycles. The van der Waals surface area contributed by atoms with Gasteiger partial charge < -0.3 is 0 Å². The van der Waals surface area contributed by atoms with Crippen LogP contribution in [0.1, 0.15) is 119 Å². The van der Waals surface area contributed by atoms with Crippen molar-refractivity contribution in [2.24, 2.45) is 50.7 Å². The molecule has 2 spiro atoms. The van der Waals surface area contributed by atoms with Gasteiger partial charge in [0.15, 0.2) is 0 Å². The van der Waals surface area contributed by atoms with Crippen LogP contribution in [0.4, 0.5) is 0 Å². The van der Waals surface area contributed by atoms with E-state index in [1.54, 1.807) is 0 Å². The maximum Gasteiger partial charge on any atom is 0.133 e. The van der Waals surface area contributed by atoms with Gasteiger partial charge >= 0.3 is 0 Å². The van der Waals surface area contributed by atoms with Crippen molar-refractivity contribution in [3.63, 3.8) is 0 Å². The van der Waals surface area contributed by atoms with Crippen LogP contribution in [0.5, 0.6) is 0 Å². The number of carbonyl (C=O) groups is 1. The van der Waals surface area contributed by atoms with E-state index in [1.165, 1.54) is 69.8 Å². The van der Waals surface area contributed by atoms with Crippen molar-refractivity contribution in [3.05, 3.63) is 12.2 Å². The summed E-state index contributed by atoms with van der Waals surface area (Å²) in [5.74, 6) is 3.92. The molecule has 1 heteroatoms. The molecule has 0 aromatic heterocycles. The molecule has 0 heterocycles. The number of hydrogen-bond acceptors (Lipinski definition) is 1. The zero-order valence-electron chi connectivity index (χ0n) is 21.4. The van der Waals surface area contributed by atoms with Crippen molar-refractivity contribution >= 4 is 5.78 Å². The van der Waals surface area contributed by atoms with Gasteiger partial charge in [0, 0.05) is 12.8 Å². The highest BCUT2D eigenvalue weighted by atomic mass is 16.1. The second kappa shape index (κ2) is 6.73. The lowest BCUT2D eigenvalue weighted by atomic mass is 9.43. The van der Waals surface area contributed by atoms with Crippen molar-refractivity contribution < 1.29 is 4.79 Å². The van der Waals surface area contributed by atoms with Gasteiger partial charge in [-0.15, -0.1) is 0 Å². The molecule has 5 rings (SSSR count). The third kappa shape index (κ3) is 2.76. The predicted octanol–water partition coefficient (Wildman–Crippen LogP) is 8.38. The minimum absolute atomic E-state index is 0.269. The molecule has 5 fully saturated rings. The fraction of sp³-hybridized carbons (Fsp3) is 0.900. The largest absolute Gasteiger partial charge is 0.300 e. The molecule has 8 atom stereocenters. The van der Waals surface area contributed by atoms with E-state index in [9.17, 15) is 4.79 Å². The van der Waals surface area contributed by atoms with Gasteiger partial charge in [-0.25, -0.2) is 0 Å². The number of fused-ring (bicyclic) bond motifs is 2. The number of ketones is 1. The normalized spacial score (nSPS) is 49.5. The lowest BCUT2D eigenvalue weighted by molar-refractivity contribution is -0.139. The molecular weight excluding hydrogens is 376 g/mol. The fourth-order valence-electron chi connectivity index (χ4n) is 10.4.